The van der Waals surface area contributed by atoms with Crippen molar-refractivity contribution in [3.63, 3.8) is 0 Å². The summed E-state index contributed by atoms with van der Waals surface area (Å²) in [6.07, 6.45) is 0. The van der Waals surface area contributed by atoms with E-state index in [0.717, 1.165) is 5.69 Å². The number of hydrazine groups is 1. The van der Waals surface area contributed by atoms with Gasteiger partial charge in [0.15, 0.2) is 0 Å². The van der Waals surface area contributed by atoms with Gasteiger partial charge in [-0.3, -0.25) is 25.5 Å². The first-order valence-corrected chi connectivity index (χ1v) is 6.45. The van der Waals surface area contributed by atoms with Crippen LogP contribution in [0.3, 0.4) is 0 Å². The molecule has 0 aliphatic heterocycles. The lowest BCUT2D eigenvalue weighted by Gasteiger charge is -1.97. The number of carbonyl (C=O) groups is 2. The second kappa shape index (κ2) is 10.3. The summed E-state index contributed by atoms with van der Waals surface area (Å²) in [5.74, 6) is 4.07. The molecule has 0 aliphatic carbocycles. The van der Waals surface area contributed by atoms with Crippen molar-refractivity contribution in [2.45, 2.75) is 41.5 Å². The Hall–Kier alpha value is -1.53. The van der Waals surface area contributed by atoms with Crippen molar-refractivity contribution in [3.05, 3.63) is 17.0 Å². The van der Waals surface area contributed by atoms with Gasteiger partial charge in [0.2, 0.25) is 0 Å². The molecular formula is C14H28N4O2. The summed E-state index contributed by atoms with van der Waals surface area (Å²) in [5, 5.41) is 4.23. The van der Waals surface area contributed by atoms with Crippen LogP contribution in [0.2, 0.25) is 0 Å². The minimum absolute atomic E-state index is 0.0579. The Labute approximate surface area is 121 Å². The molecule has 3 N–H and O–H groups in total. The number of nitrogens with two attached hydrogens (primary N) is 1. The predicted octanol–water partition coefficient (Wildman–Crippen LogP) is 1.23. The van der Waals surface area contributed by atoms with E-state index in [1.165, 1.54) is 25.1 Å². The average molecular weight is 284 g/mol. The number of carbonyl (C=O) groups excluding carboxylic acids is 2. The number of rotatable bonds is 2. The maximum Gasteiger partial charge on any atom is 0.139 e. The van der Waals surface area contributed by atoms with Crippen molar-refractivity contribution in [3.8, 4) is 0 Å². The molecule has 0 saturated heterocycles. The van der Waals surface area contributed by atoms with Gasteiger partial charge in [-0.1, -0.05) is 0 Å². The molecule has 0 aromatic carbocycles. The van der Waals surface area contributed by atoms with Crippen LogP contribution in [0.4, 0.5) is 0 Å². The van der Waals surface area contributed by atoms with Gasteiger partial charge in [0.25, 0.3) is 0 Å². The molecule has 1 rings (SSSR count). The molecule has 0 saturated carbocycles. The summed E-state index contributed by atoms with van der Waals surface area (Å²) in [5.41, 5.74) is 5.94. The Morgan fingerprint density at radius 3 is 1.60 bits per heavy atom. The van der Waals surface area contributed by atoms with Gasteiger partial charge in [-0.15, -0.1) is 0 Å². The van der Waals surface area contributed by atoms with E-state index in [9.17, 15) is 9.59 Å². The second-order valence-electron chi connectivity index (χ2n) is 4.65. The summed E-state index contributed by atoms with van der Waals surface area (Å²) < 4.78 is 1.91. The highest BCUT2D eigenvalue weighted by Gasteiger charge is 2.11. The van der Waals surface area contributed by atoms with Crippen LogP contribution >= 0.6 is 0 Å². The number of hydrogen-bond acceptors (Lipinski definition) is 5. The molecule has 1 aromatic heterocycles. The number of hydrogen-bond donors (Lipinski definition) is 2. The van der Waals surface area contributed by atoms with Crippen LogP contribution in [0.5, 0.6) is 0 Å². The van der Waals surface area contributed by atoms with Crippen molar-refractivity contribution >= 4 is 11.6 Å². The standard InChI is InChI=1S/C7H12N2.C6H10O2.CH6N2/c1-5-6(2)8-9(4)7(5)3;1-4(5(2)7)6(3)8;1-3-2/h1-4H3;4H,1-3H3;3H,2H2,1H3. The molecule has 20 heavy (non-hydrogen) atoms. The van der Waals surface area contributed by atoms with Gasteiger partial charge in [-0.05, 0) is 54.2 Å². The van der Waals surface area contributed by atoms with Crippen LogP contribution in [0.15, 0.2) is 0 Å². The normalized spacial score (nSPS) is 9.30. The third-order valence-electron chi connectivity index (χ3n) is 3.09. The van der Waals surface area contributed by atoms with Crippen molar-refractivity contribution < 1.29 is 9.59 Å². The molecule has 1 aromatic rings. The molecule has 0 fully saturated rings. The average Bonchev–Trinajstić information content (AvgIpc) is 2.57. The van der Waals surface area contributed by atoms with E-state index in [4.69, 9.17) is 0 Å². The molecule has 6 nitrogen and oxygen atoms in total. The molecule has 0 spiro atoms. The topological polar surface area (TPSA) is 90.0 Å². The van der Waals surface area contributed by atoms with Gasteiger partial charge < -0.3 is 0 Å². The number of ketones is 2. The fraction of sp³-hybridized carbons (Fsp3) is 0.643. The van der Waals surface area contributed by atoms with Crippen molar-refractivity contribution in [2.75, 3.05) is 7.05 Å². The Bertz CT molecular complexity index is 402. The van der Waals surface area contributed by atoms with E-state index in [0.29, 0.717) is 0 Å². The molecule has 116 valence electrons. The van der Waals surface area contributed by atoms with Crippen LogP contribution in [0.1, 0.15) is 37.7 Å². The van der Waals surface area contributed by atoms with Gasteiger partial charge in [0.05, 0.1) is 11.6 Å². The fourth-order valence-electron chi connectivity index (χ4n) is 1.17. The van der Waals surface area contributed by atoms with E-state index in [1.54, 1.807) is 14.0 Å². The predicted molar refractivity (Wildman–Crippen MR) is 81.2 cm³/mol. The number of aryl methyl sites for hydroxylation is 2. The maximum atomic E-state index is 10.4. The monoisotopic (exact) mass is 284 g/mol. The second-order valence-corrected chi connectivity index (χ2v) is 4.65. The molecule has 0 bridgehead atoms. The van der Waals surface area contributed by atoms with Gasteiger partial charge in [0.1, 0.15) is 11.6 Å². The van der Waals surface area contributed by atoms with Crippen LogP contribution in [0, 0.1) is 26.7 Å². The number of nitrogens with one attached hydrogen (secondary N) is 1. The summed E-state index contributed by atoms with van der Waals surface area (Å²) in [6, 6.07) is 0. The molecule has 0 atom stereocenters. The molecule has 0 unspecified atom stereocenters. The molecule has 6 heteroatoms. The lowest BCUT2D eigenvalue weighted by Crippen LogP contribution is -2.14. The molecule has 0 aliphatic rings. The first-order valence-electron chi connectivity index (χ1n) is 6.45. The number of nitrogens with zero attached hydrogens (tertiary/aromatic N) is 2. The highest BCUT2D eigenvalue weighted by molar-refractivity contribution is 5.99. The SMILES string of the molecule is CC(=O)C(C)C(C)=O.CNN.Cc1nn(C)c(C)c1C. The van der Waals surface area contributed by atoms with Crippen molar-refractivity contribution in [2.24, 2.45) is 18.8 Å². The van der Waals surface area contributed by atoms with Gasteiger partial charge >= 0.3 is 0 Å². The Morgan fingerprint density at radius 2 is 1.55 bits per heavy atom. The Kier molecular flexibility index (Phi) is 10.7. The van der Waals surface area contributed by atoms with Crippen LogP contribution in [-0.4, -0.2) is 28.4 Å². The minimum atomic E-state index is -0.407. The summed E-state index contributed by atoms with van der Waals surface area (Å²) in [6.45, 7) is 10.7. The van der Waals surface area contributed by atoms with Crippen LogP contribution in [0.25, 0.3) is 0 Å². The van der Waals surface area contributed by atoms with Gasteiger partial charge in [-0.25, -0.2) is 0 Å². The zero-order valence-electron chi connectivity index (χ0n) is 13.9. The van der Waals surface area contributed by atoms with Crippen LogP contribution < -0.4 is 11.3 Å². The first kappa shape index (κ1) is 20.8. The smallest absolute Gasteiger partial charge is 0.139 e. The number of Topliss-reactive ketones (excluding diaryl/α,β-unsaturated/α-hetero) is 2. The van der Waals surface area contributed by atoms with Crippen LogP contribution in [-0.2, 0) is 16.6 Å². The minimum Gasteiger partial charge on any atom is -0.299 e. The molecular weight excluding hydrogens is 256 g/mol. The lowest BCUT2D eigenvalue weighted by molar-refractivity contribution is -0.129. The van der Waals surface area contributed by atoms with E-state index in [-0.39, 0.29) is 11.6 Å². The zero-order chi connectivity index (χ0) is 16.5. The van der Waals surface area contributed by atoms with Crippen molar-refractivity contribution in [1.29, 1.82) is 0 Å². The molecule has 0 amide bonds. The van der Waals surface area contributed by atoms with E-state index in [1.807, 2.05) is 18.7 Å². The highest BCUT2D eigenvalue weighted by atomic mass is 16.1. The van der Waals surface area contributed by atoms with E-state index in [2.05, 4.69) is 30.2 Å². The Balaban J connectivity index is 0. The quantitative estimate of drug-likeness (QED) is 0.484. The fourth-order valence-corrected chi connectivity index (χ4v) is 1.17. The number of aromatic nitrogens is 2. The first-order chi connectivity index (χ1) is 9.09. The summed E-state index contributed by atoms with van der Waals surface area (Å²) in [7, 11) is 3.62. The highest BCUT2D eigenvalue weighted by Crippen LogP contribution is 2.08. The van der Waals surface area contributed by atoms with Gasteiger partial charge in [-0.2, -0.15) is 5.10 Å². The Morgan fingerprint density at radius 1 is 1.20 bits per heavy atom. The third-order valence-corrected chi connectivity index (χ3v) is 3.09. The lowest BCUT2D eigenvalue weighted by atomic mass is 10.0. The largest absolute Gasteiger partial charge is 0.299 e. The van der Waals surface area contributed by atoms with E-state index >= 15 is 0 Å². The van der Waals surface area contributed by atoms with Gasteiger partial charge in [0, 0.05) is 12.7 Å². The van der Waals surface area contributed by atoms with E-state index < -0.39 is 5.92 Å². The third kappa shape index (κ3) is 7.81. The molecule has 1 heterocycles. The van der Waals surface area contributed by atoms with Crippen molar-refractivity contribution in [1.82, 2.24) is 15.2 Å². The molecule has 0 radical (unpaired) electrons. The summed E-state index contributed by atoms with van der Waals surface area (Å²) in [4.78, 5) is 20.7. The zero-order valence-corrected chi connectivity index (χ0v) is 13.9. The maximum absolute atomic E-state index is 10.4. The summed E-state index contributed by atoms with van der Waals surface area (Å²) >= 11 is 0.